The summed E-state index contributed by atoms with van der Waals surface area (Å²) in [5, 5.41) is 4.16. The lowest BCUT2D eigenvalue weighted by molar-refractivity contribution is 0.187. The zero-order chi connectivity index (χ0) is 16.4. The minimum absolute atomic E-state index is 0.0477. The molecule has 0 spiro atoms. The van der Waals surface area contributed by atoms with Crippen LogP contribution in [0.4, 0.5) is 0 Å². The number of nitrogens with two attached hydrogens (primary N) is 1. The van der Waals surface area contributed by atoms with Crippen LogP contribution < -0.4 is 10.6 Å². The Labute approximate surface area is 141 Å². The fourth-order valence-corrected chi connectivity index (χ4v) is 3.34. The normalized spacial score (nSPS) is 21.1. The van der Waals surface area contributed by atoms with E-state index in [-0.39, 0.29) is 12.0 Å². The number of nitrogens with zero attached hydrogens (tertiary/aromatic N) is 1. The van der Waals surface area contributed by atoms with Crippen molar-refractivity contribution in [3.05, 3.63) is 102 Å². The van der Waals surface area contributed by atoms with Crippen molar-refractivity contribution in [2.24, 2.45) is 10.9 Å². The average molecular weight is 314 g/mol. The highest BCUT2D eigenvalue weighted by Gasteiger charge is 2.37. The summed E-state index contributed by atoms with van der Waals surface area (Å²) in [6, 6.07) is 28.5. The molecule has 3 aromatic rings. The lowest BCUT2D eigenvalue weighted by Crippen LogP contribution is -2.31. The Morgan fingerprint density at radius 2 is 1.29 bits per heavy atom. The molecule has 0 fully saturated rings. The minimum Gasteiger partial charge on any atom is -0.484 e. The predicted octanol–water partition coefficient (Wildman–Crippen LogP) is 4.27. The molecule has 2 N–H and O–H groups in total. The summed E-state index contributed by atoms with van der Waals surface area (Å²) in [5.74, 6) is 6.59. The molecule has 0 aliphatic carbocycles. The Hall–Kier alpha value is -3.07. The summed E-state index contributed by atoms with van der Waals surface area (Å²) in [5.41, 5.74) is 4.07. The third-order valence-electron chi connectivity index (χ3n) is 4.44. The lowest BCUT2D eigenvalue weighted by atomic mass is 9.80. The van der Waals surface area contributed by atoms with E-state index >= 15 is 0 Å². The van der Waals surface area contributed by atoms with Crippen LogP contribution in [0.1, 0.15) is 28.7 Å². The van der Waals surface area contributed by atoms with Gasteiger partial charge in [0.05, 0.1) is 11.6 Å². The fourth-order valence-electron chi connectivity index (χ4n) is 3.34. The van der Waals surface area contributed by atoms with Crippen LogP contribution in [0.5, 0.6) is 5.75 Å². The summed E-state index contributed by atoms with van der Waals surface area (Å²) in [7, 11) is 0. The maximum absolute atomic E-state index is 6.38. The molecule has 118 valence electrons. The molecular weight excluding hydrogens is 296 g/mol. The second kappa shape index (κ2) is 6.20. The Bertz CT molecular complexity index is 859. The van der Waals surface area contributed by atoms with E-state index in [4.69, 9.17) is 10.6 Å². The number of benzene rings is 3. The van der Waals surface area contributed by atoms with Gasteiger partial charge in [-0.1, -0.05) is 72.8 Å². The van der Waals surface area contributed by atoms with E-state index in [1.165, 1.54) is 0 Å². The third-order valence-corrected chi connectivity index (χ3v) is 4.44. The first-order valence-electron chi connectivity index (χ1n) is 8.02. The molecule has 0 saturated carbocycles. The van der Waals surface area contributed by atoms with E-state index in [1.807, 2.05) is 60.7 Å². The lowest BCUT2D eigenvalue weighted by Gasteiger charge is -2.35. The number of fused-ring (bicyclic) bond motifs is 1. The zero-order valence-corrected chi connectivity index (χ0v) is 13.2. The summed E-state index contributed by atoms with van der Waals surface area (Å²) in [6.07, 6.45) is -0.161. The highest BCUT2D eigenvalue weighted by Crippen LogP contribution is 2.43. The monoisotopic (exact) mass is 314 g/mol. The van der Waals surface area contributed by atoms with Crippen LogP contribution in [0.3, 0.4) is 0 Å². The van der Waals surface area contributed by atoms with Crippen molar-refractivity contribution in [3.63, 3.8) is 0 Å². The van der Waals surface area contributed by atoms with Gasteiger partial charge in [0.15, 0.2) is 0 Å². The molecule has 3 heteroatoms. The van der Waals surface area contributed by atoms with E-state index < -0.39 is 0 Å². The van der Waals surface area contributed by atoms with Crippen molar-refractivity contribution < 1.29 is 4.74 Å². The first kappa shape index (κ1) is 14.5. The van der Waals surface area contributed by atoms with Gasteiger partial charge >= 0.3 is 0 Å². The molecule has 0 aromatic heterocycles. The number of rotatable bonds is 2. The minimum atomic E-state index is -0.161. The molecule has 0 amide bonds. The van der Waals surface area contributed by atoms with Gasteiger partial charge in [0.1, 0.15) is 11.9 Å². The summed E-state index contributed by atoms with van der Waals surface area (Å²) in [4.78, 5) is 0. The van der Waals surface area contributed by atoms with Gasteiger partial charge in [-0.15, -0.1) is 0 Å². The number of hydrogen-bond acceptors (Lipinski definition) is 3. The number of para-hydroxylation sites is 1. The molecule has 0 bridgehead atoms. The van der Waals surface area contributed by atoms with Gasteiger partial charge in [-0.3, -0.25) is 0 Å². The SMILES string of the molecule is NN=C1c2ccccc2OC(c2ccccc2)C1c1ccccc1. The fraction of sp³-hybridized carbons (Fsp3) is 0.0952. The standard InChI is InChI=1S/C21H18N2O/c22-23-20-17-13-7-8-14-18(17)24-21(16-11-5-2-6-12-16)19(20)15-9-3-1-4-10-15/h1-14,19,21H,22H2. The largest absolute Gasteiger partial charge is 0.484 e. The predicted molar refractivity (Wildman–Crippen MR) is 96.2 cm³/mol. The number of ether oxygens (including phenoxy) is 1. The molecule has 2 atom stereocenters. The molecule has 1 heterocycles. The van der Waals surface area contributed by atoms with E-state index in [1.54, 1.807) is 0 Å². The smallest absolute Gasteiger partial charge is 0.136 e. The molecule has 1 aliphatic rings. The quantitative estimate of drug-likeness (QED) is 0.567. The molecule has 2 unspecified atom stereocenters. The Balaban J connectivity index is 1.91. The average Bonchev–Trinajstić information content (AvgIpc) is 2.67. The maximum atomic E-state index is 6.38. The summed E-state index contributed by atoms with van der Waals surface area (Å²) < 4.78 is 6.38. The second-order valence-electron chi connectivity index (χ2n) is 5.85. The van der Waals surface area contributed by atoms with Gasteiger partial charge in [-0.05, 0) is 23.3 Å². The van der Waals surface area contributed by atoms with Crippen molar-refractivity contribution in [3.8, 4) is 5.75 Å². The molecular formula is C21H18N2O. The van der Waals surface area contributed by atoms with Gasteiger partial charge < -0.3 is 10.6 Å². The Morgan fingerprint density at radius 3 is 1.96 bits per heavy atom. The molecule has 4 rings (SSSR count). The van der Waals surface area contributed by atoms with Crippen LogP contribution in [-0.4, -0.2) is 5.71 Å². The molecule has 3 nitrogen and oxygen atoms in total. The van der Waals surface area contributed by atoms with Crippen molar-refractivity contribution >= 4 is 5.71 Å². The first-order chi connectivity index (χ1) is 11.9. The first-order valence-corrected chi connectivity index (χ1v) is 8.02. The van der Waals surface area contributed by atoms with Gasteiger partial charge in [-0.2, -0.15) is 5.10 Å². The number of hydrazone groups is 1. The van der Waals surface area contributed by atoms with Crippen LogP contribution in [0, 0.1) is 0 Å². The number of hydrogen-bond donors (Lipinski definition) is 1. The van der Waals surface area contributed by atoms with Crippen LogP contribution in [0.15, 0.2) is 90.0 Å². The van der Waals surface area contributed by atoms with Crippen LogP contribution in [0.2, 0.25) is 0 Å². The van der Waals surface area contributed by atoms with Crippen molar-refractivity contribution in [1.29, 1.82) is 0 Å². The molecule has 3 aromatic carbocycles. The maximum Gasteiger partial charge on any atom is 0.136 e. The second-order valence-corrected chi connectivity index (χ2v) is 5.85. The molecule has 24 heavy (non-hydrogen) atoms. The van der Waals surface area contributed by atoms with Crippen molar-refractivity contribution in [2.75, 3.05) is 0 Å². The molecule has 1 aliphatic heterocycles. The van der Waals surface area contributed by atoms with E-state index in [0.29, 0.717) is 0 Å². The van der Waals surface area contributed by atoms with E-state index in [9.17, 15) is 0 Å². The van der Waals surface area contributed by atoms with Crippen LogP contribution in [0.25, 0.3) is 0 Å². The Kier molecular flexibility index (Phi) is 3.75. The van der Waals surface area contributed by atoms with Gasteiger partial charge in [0, 0.05) is 5.56 Å². The highest BCUT2D eigenvalue weighted by molar-refractivity contribution is 6.08. The highest BCUT2D eigenvalue weighted by atomic mass is 16.5. The zero-order valence-electron chi connectivity index (χ0n) is 13.2. The van der Waals surface area contributed by atoms with Crippen LogP contribution >= 0.6 is 0 Å². The van der Waals surface area contributed by atoms with Crippen LogP contribution in [-0.2, 0) is 0 Å². The van der Waals surface area contributed by atoms with Crippen molar-refractivity contribution in [2.45, 2.75) is 12.0 Å². The molecule has 0 saturated heterocycles. The van der Waals surface area contributed by atoms with E-state index in [0.717, 1.165) is 28.2 Å². The molecule has 0 radical (unpaired) electrons. The Morgan fingerprint density at radius 1 is 0.708 bits per heavy atom. The summed E-state index contributed by atoms with van der Waals surface area (Å²) in [6.45, 7) is 0. The van der Waals surface area contributed by atoms with Gasteiger partial charge in [0.2, 0.25) is 0 Å². The van der Waals surface area contributed by atoms with Gasteiger partial charge in [0.25, 0.3) is 0 Å². The topological polar surface area (TPSA) is 47.6 Å². The van der Waals surface area contributed by atoms with Gasteiger partial charge in [-0.25, -0.2) is 0 Å². The third kappa shape index (κ3) is 2.44. The van der Waals surface area contributed by atoms with E-state index in [2.05, 4.69) is 29.4 Å². The summed E-state index contributed by atoms with van der Waals surface area (Å²) >= 11 is 0. The van der Waals surface area contributed by atoms with Crippen molar-refractivity contribution in [1.82, 2.24) is 0 Å².